The van der Waals surface area contributed by atoms with Gasteiger partial charge in [-0.15, -0.1) is 0 Å². The Hall–Kier alpha value is -0.570. The Morgan fingerprint density at radius 2 is 1.94 bits per heavy atom. The molecule has 0 saturated heterocycles. The second-order valence-electron chi connectivity index (χ2n) is 3.29. The summed E-state index contributed by atoms with van der Waals surface area (Å²) in [7, 11) is 0. The van der Waals surface area contributed by atoms with Gasteiger partial charge in [-0.1, -0.05) is 57.3 Å². The van der Waals surface area contributed by atoms with Crippen LogP contribution in [-0.2, 0) is 5.33 Å². The number of rotatable bonds is 2. The monoisotopic (exact) mass is 315 g/mol. The molecule has 0 aliphatic heterocycles. The molecule has 1 nitrogen and oxygen atoms in total. The van der Waals surface area contributed by atoms with Crippen LogP contribution in [0.15, 0.2) is 36.4 Å². The Morgan fingerprint density at radius 1 is 1.12 bits per heavy atom. The van der Waals surface area contributed by atoms with E-state index in [1.807, 2.05) is 30.3 Å². The van der Waals surface area contributed by atoms with Crippen LogP contribution >= 0.6 is 39.1 Å². The van der Waals surface area contributed by atoms with Crippen LogP contribution in [0.2, 0.25) is 10.2 Å². The summed E-state index contributed by atoms with van der Waals surface area (Å²) in [5.41, 5.74) is 2.93. The normalized spacial score (nSPS) is 10.4. The highest BCUT2D eigenvalue weighted by Crippen LogP contribution is 2.27. The zero-order chi connectivity index (χ0) is 11.5. The van der Waals surface area contributed by atoms with Crippen molar-refractivity contribution in [3.63, 3.8) is 0 Å². The average Bonchev–Trinajstić information content (AvgIpc) is 2.29. The summed E-state index contributed by atoms with van der Waals surface area (Å²) in [4.78, 5) is 4.33. The third-order valence-corrected chi connectivity index (χ3v) is 3.24. The number of halogens is 3. The molecule has 0 atom stereocenters. The number of nitrogens with zero attached hydrogens (tertiary/aromatic N) is 1. The van der Waals surface area contributed by atoms with E-state index in [0.717, 1.165) is 22.2 Å². The van der Waals surface area contributed by atoms with Crippen LogP contribution < -0.4 is 0 Å². The minimum atomic E-state index is 0.486. The summed E-state index contributed by atoms with van der Waals surface area (Å²) >= 11 is 15.3. The summed E-state index contributed by atoms with van der Waals surface area (Å²) in [6.45, 7) is 0. The van der Waals surface area contributed by atoms with Gasteiger partial charge in [-0.2, -0.15) is 0 Å². The van der Waals surface area contributed by atoms with E-state index in [-0.39, 0.29) is 0 Å². The average molecular weight is 317 g/mol. The van der Waals surface area contributed by atoms with Gasteiger partial charge in [-0.25, -0.2) is 4.98 Å². The third-order valence-electron chi connectivity index (χ3n) is 2.19. The SMILES string of the molecule is Clc1cccc(-c2nc(Cl)ccc2CBr)c1. The standard InChI is InChI=1S/C12H8BrCl2N/c13-7-9-4-5-11(15)16-12(9)8-2-1-3-10(14)6-8/h1-6H,7H2. The van der Waals surface area contributed by atoms with Crippen molar-refractivity contribution in [2.45, 2.75) is 5.33 Å². The molecule has 0 fully saturated rings. The van der Waals surface area contributed by atoms with E-state index in [9.17, 15) is 0 Å². The highest BCUT2D eigenvalue weighted by molar-refractivity contribution is 9.08. The van der Waals surface area contributed by atoms with Crippen LogP contribution in [0, 0.1) is 0 Å². The first kappa shape index (κ1) is 11.9. The second kappa shape index (κ2) is 5.17. The van der Waals surface area contributed by atoms with Crippen molar-refractivity contribution in [2.75, 3.05) is 0 Å². The molecule has 1 aromatic heterocycles. The van der Waals surface area contributed by atoms with Gasteiger partial charge < -0.3 is 0 Å². The van der Waals surface area contributed by atoms with Crippen LogP contribution in [0.1, 0.15) is 5.56 Å². The Morgan fingerprint density at radius 3 is 2.62 bits per heavy atom. The maximum atomic E-state index is 5.96. The quantitative estimate of drug-likeness (QED) is 0.564. The molecule has 0 amide bonds. The maximum Gasteiger partial charge on any atom is 0.129 e. The molecule has 82 valence electrons. The molecule has 0 N–H and O–H groups in total. The van der Waals surface area contributed by atoms with Gasteiger partial charge in [0.2, 0.25) is 0 Å². The van der Waals surface area contributed by atoms with E-state index in [1.54, 1.807) is 6.07 Å². The highest BCUT2D eigenvalue weighted by atomic mass is 79.9. The van der Waals surface area contributed by atoms with Crippen molar-refractivity contribution in [1.82, 2.24) is 4.98 Å². The van der Waals surface area contributed by atoms with Crippen LogP contribution in [0.3, 0.4) is 0 Å². The molecule has 1 aromatic carbocycles. The van der Waals surface area contributed by atoms with Gasteiger partial charge in [0.25, 0.3) is 0 Å². The fourth-order valence-corrected chi connectivity index (χ4v) is 2.25. The molecule has 0 saturated carbocycles. The lowest BCUT2D eigenvalue weighted by Crippen LogP contribution is -1.91. The van der Waals surface area contributed by atoms with Gasteiger partial charge >= 0.3 is 0 Å². The number of benzene rings is 1. The number of aromatic nitrogens is 1. The minimum Gasteiger partial charge on any atom is -0.236 e. The zero-order valence-electron chi connectivity index (χ0n) is 8.25. The molecule has 16 heavy (non-hydrogen) atoms. The molecule has 2 aromatic rings. The molecule has 0 unspecified atom stereocenters. The molecule has 1 heterocycles. The fraction of sp³-hybridized carbons (Fsp3) is 0.0833. The summed E-state index contributed by atoms with van der Waals surface area (Å²) < 4.78 is 0. The Balaban J connectivity index is 2.58. The summed E-state index contributed by atoms with van der Waals surface area (Å²) in [6, 6.07) is 11.3. The number of alkyl halides is 1. The van der Waals surface area contributed by atoms with E-state index >= 15 is 0 Å². The Bertz CT molecular complexity index is 514. The molecular formula is C12H8BrCl2N. The van der Waals surface area contributed by atoms with Crippen LogP contribution in [-0.4, -0.2) is 4.98 Å². The smallest absolute Gasteiger partial charge is 0.129 e. The van der Waals surface area contributed by atoms with E-state index in [2.05, 4.69) is 20.9 Å². The molecular weight excluding hydrogens is 309 g/mol. The van der Waals surface area contributed by atoms with Crippen molar-refractivity contribution < 1.29 is 0 Å². The topological polar surface area (TPSA) is 12.9 Å². The van der Waals surface area contributed by atoms with Gasteiger partial charge in [0.15, 0.2) is 0 Å². The first-order valence-corrected chi connectivity index (χ1v) is 6.56. The molecule has 0 radical (unpaired) electrons. The molecule has 0 bridgehead atoms. The predicted molar refractivity (Wildman–Crippen MR) is 72.3 cm³/mol. The molecule has 0 aliphatic rings. The zero-order valence-corrected chi connectivity index (χ0v) is 11.4. The van der Waals surface area contributed by atoms with E-state index in [0.29, 0.717) is 10.2 Å². The molecule has 0 spiro atoms. The van der Waals surface area contributed by atoms with Gasteiger partial charge in [0.05, 0.1) is 5.69 Å². The van der Waals surface area contributed by atoms with Crippen LogP contribution in [0.25, 0.3) is 11.3 Å². The van der Waals surface area contributed by atoms with Gasteiger partial charge in [0.1, 0.15) is 5.15 Å². The summed E-state index contributed by atoms with van der Waals surface area (Å²) in [5.74, 6) is 0. The van der Waals surface area contributed by atoms with E-state index < -0.39 is 0 Å². The highest BCUT2D eigenvalue weighted by Gasteiger charge is 2.07. The second-order valence-corrected chi connectivity index (χ2v) is 4.67. The maximum absolute atomic E-state index is 5.96. The van der Waals surface area contributed by atoms with Crippen molar-refractivity contribution in [3.8, 4) is 11.3 Å². The largest absolute Gasteiger partial charge is 0.236 e. The Kier molecular flexibility index (Phi) is 3.85. The summed E-state index contributed by atoms with van der Waals surface area (Å²) in [6.07, 6.45) is 0. The van der Waals surface area contributed by atoms with Crippen molar-refractivity contribution in [2.24, 2.45) is 0 Å². The molecule has 4 heteroatoms. The first-order chi connectivity index (χ1) is 7.70. The van der Waals surface area contributed by atoms with Crippen molar-refractivity contribution in [1.29, 1.82) is 0 Å². The van der Waals surface area contributed by atoms with Gasteiger partial charge in [-0.05, 0) is 23.8 Å². The lowest BCUT2D eigenvalue weighted by atomic mass is 10.1. The number of pyridine rings is 1. The van der Waals surface area contributed by atoms with Crippen LogP contribution in [0.4, 0.5) is 0 Å². The molecule has 2 rings (SSSR count). The lowest BCUT2D eigenvalue weighted by molar-refractivity contribution is 1.26. The van der Waals surface area contributed by atoms with Crippen molar-refractivity contribution in [3.05, 3.63) is 52.1 Å². The number of hydrogen-bond acceptors (Lipinski definition) is 1. The van der Waals surface area contributed by atoms with Gasteiger partial charge in [0, 0.05) is 15.9 Å². The van der Waals surface area contributed by atoms with E-state index in [4.69, 9.17) is 23.2 Å². The summed E-state index contributed by atoms with van der Waals surface area (Å²) in [5, 5.41) is 1.92. The third kappa shape index (κ3) is 2.57. The fourth-order valence-electron chi connectivity index (χ4n) is 1.46. The number of hydrogen-bond donors (Lipinski definition) is 0. The lowest BCUT2D eigenvalue weighted by Gasteiger charge is -2.07. The van der Waals surface area contributed by atoms with E-state index in [1.165, 1.54) is 0 Å². The predicted octanol–water partition coefficient (Wildman–Crippen LogP) is 4.95. The minimum absolute atomic E-state index is 0.486. The van der Waals surface area contributed by atoms with Crippen LogP contribution in [0.5, 0.6) is 0 Å². The Labute approximate surface area is 113 Å². The van der Waals surface area contributed by atoms with Gasteiger partial charge in [-0.3, -0.25) is 0 Å². The van der Waals surface area contributed by atoms with Crippen molar-refractivity contribution >= 4 is 39.1 Å². The first-order valence-electron chi connectivity index (χ1n) is 4.68. The molecule has 0 aliphatic carbocycles.